The number of amides is 1. The third kappa shape index (κ3) is 3.79. The van der Waals surface area contributed by atoms with E-state index < -0.39 is 0 Å². The van der Waals surface area contributed by atoms with E-state index in [1.807, 2.05) is 26.0 Å². The molecule has 0 N–H and O–H groups in total. The number of hydrogen-bond donors (Lipinski definition) is 0. The van der Waals surface area contributed by atoms with Crippen molar-refractivity contribution in [2.24, 2.45) is 0 Å². The van der Waals surface area contributed by atoms with Gasteiger partial charge in [-0.05, 0) is 49.9 Å². The molecule has 1 fully saturated rings. The highest BCUT2D eigenvalue weighted by atomic mass is 32.1. The summed E-state index contributed by atoms with van der Waals surface area (Å²) in [5.41, 5.74) is 3.48. The maximum atomic E-state index is 13.4. The summed E-state index contributed by atoms with van der Waals surface area (Å²) in [4.78, 5) is 26.2. The third-order valence-corrected chi connectivity index (χ3v) is 6.39. The van der Waals surface area contributed by atoms with E-state index in [2.05, 4.69) is 12.6 Å². The third-order valence-electron chi connectivity index (χ3n) is 5.22. The molecule has 5 nitrogen and oxygen atoms in total. The SMILES string of the molecule is C=CCN(Cc1ccc(C#N)cc1)C(=O)c1sc2nc(C3CC3)nc(C)c2c1C. The lowest BCUT2D eigenvalue weighted by atomic mass is 10.1. The van der Waals surface area contributed by atoms with Gasteiger partial charge in [-0.15, -0.1) is 17.9 Å². The highest BCUT2D eigenvalue weighted by molar-refractivity contribution is 7.20. The van der Waals surface area contributed by atoms with Gasteiger partial charge in [-0.25, -0.2) is 9.97 Å². The van der Waals surface area contributed by atoms with Crippen molar-refractivity contribution in [1.29, 1.82) is 5.26 Å². The summed E-state index contributed by atoms with van der Waals surface area (Å²) in [5.74, 6) is 1.37. The number of nitrogens with zero attached hydrogens (tertiary/aromatic N) is 4. The van der Waals surface area contributed by atoms with Crippen LogP contribution in [0.2, 0.25) is 0 Å². The van der Waals surface area contributed by atoms with E-state index in [0.717, 1.165) is 45.7 Å². The van der Waals surface area contributed by atoms with Crippen molar-refractivity contribution < 1.29 is 4.79 Å². The Morgan fingerprint density at radius 1 is 1.31 bits per heavy atom. The van der Waals surface area contributed by atoms with Crippen molar-refractivity contribution in [2.75, 3.05) is 6.54 Å². The van der Waals surface area contributed by atoms with Crippen LogP contribution in [0.15, 0.2) is 36.9 Å². The minimum Gasteiger partial charge on any atom is -0.330 e. The van der Waals surface area contributed by atoms with E-state index in [9.17, 15) is 4.79 Å². The fourth-order valence-electron chi connectivity index (χ4n) is 3.51. The largest absolute Gasteiger partial charge is 0.330 e. The summed E-state index contributed by atoms with van der Waals surface area (Å²) in [6, 6.07) is 9.44. The van der Waals surface area contributed by atoms with Crippen molar-refractivity contribution in [3.63, 3.8) is 0 Å². The molecule has 1 aliphatic rings. The zero-order chi connectivity index (χ0) is 20.5. The second-order valence-electron chi connectivity index (χ2n) is 7.46. The van der Waals surface area contributed by atoms with Crippen LogP contribution >= 0.6 is 11.3 Å². The zero-order valence-electron chi connectivity index (χ0n) is 16.6. The van der Waals surface area contributed by atoms with Crippen LogP contribution in [-0.2, 0) is 6.54 Å². The number of hydrogen-bond acceptors (Lipinski definition) is 5. The average Bonchev–Trinajstić information content (AvgIpc) is 3.51. The number of carbonyl (C=O) groups excluding carboxylic acids is 1. The Labute approximate surface area is 174 Å². The lowest BCUT2D eigenvalue weighted by Crippen LogP contribution is -2.30. The number of aromatic nitrogens is 2. The molecular formula is C23H22N4OS. The van der Waals surface area contributed by atoms with Crippen molar-refractivity contribution in [2.45, 2.75) is 39.2 Å². The van der Waals surface area contributed by atoms with Crippen LogP contribution in [0.5, 0.6) is 0 Å². The van der Waals surface area contributed by atoms with E-state index in [4.69, 9.17) is 15.2 Å². The van der Waals surface area contributed by atoms with Gasteiger partial charge in [0, 0.05) is 24.4 Å². The summed E-state index contributed by atoms with van der Waals surface area (Å²) in [6.07, 6.45) is 4.04. The first-order valence-electron chi connectivity index (χ1n) is 9.68. The fourth-order valence-corrected chi connectivity index (χ4v) is 4.72. The van der Waals surface area contributed by atoms with Crippen LogP contribution in [0.4, 0.5) is 0 Å². The Balaban J connectivity index is 1.67. The van der Waals surface area contributed by atoms with Crippen molar-refractivity contribution in [3.8, 4) is 6.07 Å². The maximum Gasteiger partial charge on any atom is 0.264 e. The molecule has 146 valence electrons. The van der Waals surface area contributed by atoms with Crippen molar-refractivity contribution in [1.82, 2.24) is 14.9 Å². The van der Waals surface area contributed by atoms with Gasteiger partial charge in [-0.2, -0.15) is 5.26 Å². The number of rotatable bonds is 6. The Morgan fingerprint density at radius 2 is 2.03 bits per heavy atom. The first-order chi connectivity index (χ1) is 14.0. The molecule has 29 heavy (non-hydrogen) atoms. The molecule has 0 saturated heterocycles. The summed E-state index contributed by atoms with van der Waals surface area (Å²) < 4.78 is 0. The summed E-state index contributed by atoms with van der Waals surface area (Å²) in [5, 5.41) is 9.97. The molecule has 1 aliphatic carbocycles. The van der Waals surface area contributed by atoms with E-state index in [0.29, 0.717) is 29.4 Å². The first-order valence-corrected chi connectivity index (χ1v) is 10.5. The summed E-state index contributed by atoms with van der Waals surface area (Å²) in [6.45, 7) is 8.70. The molecule has 0 atom stereocenters. The molecule has 0 radical (unpaired) electrons. The average molecular weight is 403 g/mol. The Kier molecular flexibility index (Phi) is 5.16. The maximum absolute atomic E-state index is 13.4. The summed E-state index contributed by atoms with van der Waals surface area (Å²) >= 11 is 1.46. The number of fused-ring (bicyclic) bond motifs is 1. The van der Waals surface area contributed by atoms with Gasteiger partial charge >= 0.3 is 0 Å². The highest BCUT2D eigenvalue weighted by Gasteiger charge is 2.29. The van der Waals surface area contributed by atoms with Gasteiger partial charge in [0.1, 0.15) is 10.7 Å². The van der Waals surface area contributed by atoms with Gasteiger partial charge < -0.3 is 4.90 Å². The Hall–Kier alpha value is -3.04. The quantitative estimate of drug-likeness (QED) is 0.551. The smallest absolute Gasteiger partial charge is 0.264 e. The zero-order valence-corrected chi connectivity index (χ0v) is 17.4. The van der Waals surface area contributed by atoms with E-state index in [-0.39, 0.29) is 5.91 Å². The molecule has 6 heteroatoms. The van der Waals surface area contributed by atoms with Gasteiger partial charge in [-0.1, -0.05) is 18.2 Å². The molecule has 1 amide bonds. The normalized spacial score (nSPS) is 13.3. The van der Waals surface area contributed by atoms with Crippen LogP contribution in [0.1, 0.15) is 56.6 Å². The van der Waals surface area contributed by atoms with Gasteiger partial charge in [-0.3, -0.25) is 4.79 Å². The fraction of sp³-hybridized carbons (Fsp3) is 0.304. The van der Waals surface area contributed by atoms with Crippen LogP contribution in [0, 0.1) is 25.2 Å². The van der Waals surface area contributed by atoms with Crippen LogP contribution < -0.4 is 0 Å². The molecule has 2 heterocycles. The molecule has 2 aromatic heterocycles. The van der Waals surface area contributed by atoms with Gasteiger partial charge in [0.15, 0.2) is 0 Å². The minimum absolute atomic E-state index is 0.0258. The van der Waals surface area contributed by atoms with Crippen molar-refractivity contribution >= 4 is 27.5 Å². The number of benzene rings is 1. The molecule has 1 aromatic carbocycles. The highest BCUT2D eigenvalue weighted by Crippen LogP contribution is 2.40. The van der Waals surface area contributed by atoms with E-state index in [1.165, 1.54) is 11.3 Å². The molecule has 0 spiro atoms. The predicted octanol–water partition coefficient (Wildman–Crippen LogP) is 4.89. The lowest BCUT2D eigenvalue weighted by Gasteiger charge is -2.21. The second-order valence-corrected chi connectivity index (χ2v) is 8.46. The van der Waals surface area contributed by atoms with E-state index in [1.54, 1.807) is 23.1 Å². The van der Waals surface area contributed by atoms with Gasteiger partial charge in [0.25, 0.3) is 5.91 Å². The second kappa shape index (κ2) is 7.76. The minimum atomic E-state index is -0.0258. The standard InChI is InChI=1S/C23H22N4OS/c1-4-11-27(13-17-7-5-16(12-24)6-8-17)23(28)20-14(2)19-15(3)25-21(18-9-10-18)26-22(19)29-20/h4-8,18H,1,9-11,13H2,2-3H3. The molecule has 3 aromatic rings. The predicted molar refractivity (Wildman–Crippen MR) is 115 cm³/mol. The van der Waals surface area contributed by atoms with Crippen LogP contribution in [0.3, 0.4) is 0 Å². The molecule has 0 aliphatic heterocycles. The lowest BCUT2D eigenvalue weighted by molar-refractivity contribution is 0.0767. The number of carbonyl (C=O) groups is 1. The monoisotopic (exact) mass is 402 g/mol. The number of thiophene rings is 1. The Bertz CT molecular complexity index is 1140. The Morgan fingerprint density at radius 3 is 2.66 bits per heavy atom. The van der Waals surface area contributed by atoms with Crippen LogP contribution in [0.25, 0.3) is 10.2 Å². The number of aryl methyl sites for hydroxylation is 2. The molecule has 0 unspecified atom stereocenters. The molecule has 4 rings (SSSR count). The molecule has 0 bridgehead atoms. The van der Waals surface area contributed by atoms with Gasteiger partial charge in [0.2, 0.25) is 0 Å². The van der Waals surface area contributed by atoms with Gasteiger partial charge in [0.05, 0.1) is 22.2 Å². The van der Waals surface area contributed by atoms with Crippen molar-refractivity contribution in [3.05, 3.63) is 70.0 Å². The topological polar surface area (TPSA) is 69.9 Å². The van der Waals surface area contributed by atoms with Crippen LogP contribution in [-0.4, -0.2) is 27.3 Å². The van der Waals surface area contributed by atoms with E-state index >= 15 is 0 Å². The molecule has 1 saturated carbocycles. The first kappa shape index (κ1) is 19.3. The number of nitriles is 1. The summed E-state index contributed by atoms with van der Waals surface area (Å²) in [7, 11) is 0. The molecular weight excluding hydrogens is 380 g/mol.